The maximum absolute atomic E-state index is 12.1. The minimum absolute atomic E-state index is 0.0521. The second-order valence-electron chi connectivity index (χ2n) is 5.49. The Morgan fingerprint density at radius 2 is 1.92 bits per heavy atom. The summed E-state index contributed by atoms with van der Waals surface area (Å²) in [6.45, 7) is 7.77. The first-order valence-corrected chi connectivity index (χ1v) is 8.07. The van der Waals surface area contributed by atoms with Crippen LogP contribution >= 0.6 is 0 Å². The van der Waals surface area contributed by atoms with Crippen LogP contribution in [-0.4, -0.2) is 51.2 Å². The largest absolute Gasteiger partial charge is 0.493 e. The van der Waals surface area contributed by atoms with Crippen molar-refractivity contribution in [1.82, 2.24) is 16.0 Å². The Bertz CT molecular complexity index is 547. The highest BCUT2D eigenvalue weighted by Crippen LogP contribution is 2.28. The molecule has 0 fully saturated rings. The van der Waals surface area contributed by atoms with Crippen LogP contribution in [0.3, 0.4) is 0 Å². The number of hydrogen-bond acceptors (Lipinski definition) is 5. The molecule has 0 saturated carbocycles. The number of benzene rings is 1. The number of nitrogens with one attached hydrogen (secondary N) is 3. The summed E-state index contributed by atoms with van der Waals surface area (Å²) in [5.41, 5.74) is 0.474. The van der Waals surface area contributed by atoms with Crippen molar-refractivity contribution in [1.29, 1.82) is 0 Å². The van der Waals surface area contributed by atoms with Gasteiger partial charge < -0.3 is 25.4 Å². The molecule has 0 heterocycles. The number of carbonyl (C=O) groups is 2. The molecular weight excluding hydrogens is 310 g/mol. The Kier molecular flexibility index (Phi) is 8.64. The van der Waals surface area contributed by atoms with Crippen molar-refractivity contribution >= 4 is 11.8 Å². The molecule has 3 N–H and O–H groups in total. The first kappa shape index (κ1) is 19.8. The average molecular weight is 337 g/mol. The molecule has 1 aromatic rings. The third-order valence-electron chi connectivity index (χ3n) is 3.07. The molecule has 0 spiro atoms. The summed E-state index contributed by atoms with van der Waals surface area (Å²) in [5.74, 6) is 0.430. The van der Waals surface area contributed by atoms with E-state index in [1.807, 2.05) is 20.8 Å². The molecule has 0 bridgehead atoms. The molecule has 0 radical (unpaired) electrons. The molecule has 0 aromatic heterocycles. The Balaban J connectivity index is 2.64. The van der Waals surface area contributed by atoms with Crippen LogP contribution in [0.1, 0.15) is 31.1 Å². The van der Waals surface area contributed by atoms with Gasteiger partial charge in [-0.3, -0.25) is 9.59 Å². The highest BCUT2D eigenvalue weighted by molar-refractivity contribution is 5.94. The van der Waals surface area contributed by atoms with Crippen molar-refractivity contribution < 1.29 is 19.1 Å². The molecule has 1 rings (SSSR count). The predicted octanol–water partition coefficient (Wildman–Crippen LogP) is 0.938. The second kappa shape index (κ2) is 10.5. The fraction of sp³-hybridized carbons (Fsp3) is 0.529. The van der Waals surface area contributed by atoms with Crippen LogP contribution in [0.15, 0.2) is 18.2 Å². The van der Waals surface area contributed by atoms with Crippen molar-refractivity contribution in [3.05, 3.63) is 23.8 Å². The van der Waals surface area contributed by atoms with Gasteiger partial charge in [0.25, 0.3) is 11.8 Å². The molecule has 0 aliphatic heterocycles. The molecule has 0 saturated heterocycles. The Labute approximate surface area is 143 Å². The van der Waals surface area contributed by atoms with E-state index in [0.29, 0.717) is 30.2 Å². The molecule has 0 aliphatic carbocycles. The van der Waals surface area contributed by atoms with Gasteiger partial charge in [0.2, 0.25) is 0 Å². The van der Waals surface area contributed by atoms with Crippen molar-refractivity contribution in [3.8, 4) is 11.5 Å². The van der Waals surface area contributed by atoms with E-state index in [1.165, 1.54) is 7.11 Å². The number of amides is 2. The van der Waals surface area contributed by atoms with Crippen LogP contribution in [0.4, 0.5) is 0 Å². The first-order valence-electron chi connectivity index (χ1n) is 8.07. The highest BCUT2D eigenvalue weighted by Gasteiger charge is 2.12. The molecular formula is C17H27N3O4. The standard InChI is InChI=1S/C17H27N3O4/c1-5-18-8-9-19-17(22)13-6-7-14(15(10-13)23-4)24-11-16(21)20-12(2)3/h6-7,10,12,18H,5,8-9,11H2,1-4H3,(H,19,22)(H,20,21). The van der Waals surface area contributed by atoms with E-state index >= 15 is 0 Å². The lowest BCUT2D eigenvalue weighted by Crippen LogP contribution is -2.34. The lowest BCUT2D eigenvalue weighted by atomic mass is 10.2. The highest BCUT2D eigenvalue weighted by atomic mass is 16.5. The number of likely N-dealkylation sites (N-methyl/N-ethyl adjacent to an activating group) is 1. The first-order chi connectivity index (χ1) is 11.5. The van der Waals surface area contributed by atoms with Gasteiger partial charge in [-0.2, -0.15) is 0 Å². The van der Waals surface area contributed by atoms with Gasteiger partial charge in [0.15, 0.2) is 18.1 Å². The van der Waals surface area contributed by atoms with Crippen LogP contribution in [0.2, 0.25) is 0 Å². The molecule has 1 aromatic carbocycles. The number of carbonyl (C=O) groups excluding carboxylic acids is 2. The lowest BCUT2D eigenvalue weighted by Gasteiger charge is -2.13. The number of ether oxygens (including phenoxy) is 2. The topological polar surface area (TPSA) is 88.7 Å². The van der Waals surface area contributed by atoms with Crippen molar-refractivity contribution in [2.45, 2.75) is 26.8 Å². The van der Waals surface area contributed by atoms with Crippen LogP contribution in [0, 0.1) is 0 Å². The molecule has 0 atom stereocenters. The quantitative estimate of drug-likeness (QED) is 0.553. The maximum atomic E-state index is 12.1. The zero-order valence-electron chi connectivity index (χ0n) is 14.8. The zero-order valence-corrected chi connectivity index (χ0v) is 14.8. The molecule has 7 heteroatoms. The summed E-state index contributed by atoms with van der Waals surface area (Å²) < 4.78 is 10.7. The van der Waals surface area contributed by atoms with Gasteiger partial charge in [0.1, 0.15) is 0 Å². The van der Waals surface area contributed by atoms with Crippen LogP contribution in [0.25, 0.3) is 0 Å². The average Bonchev–Trinajstić information content (AvgIpc) is 2.55. The van der Waals surface area contributed by atoms with Gasteiger partial charge >= 0.3 is 0 Å². The van der Waals surface area contributed by atoms with Gasteiger partial charge in [-0.1, -0.05) is 6.92 Å². The van der Waals surface area contributed by atoms with E-state index in [4.69, 9.17) is 9.47 Å². The van der Waals surface area contributed by atoms with Gasteiger partial charge in [-0.15, -0.1) is 0 Å². The van der Waals surface area contributed by atoms with Gasteiger partial charge in [0, 0.05) is 24.7 Å². The molecule has 0 unspecified atom stereocenters. The van der Waals surface area contributed by atoms with Crippen molar-refractivity contribution in [2.24, 2.45) is 0 Å². The SMILES string of the molecule is CCNCCNC(=O)c1ccc(OCC(=O)NC(C)C)c(OC)c1. The minimum atomic E-state index is -0.211. The third-order valence-corrected chi connectivity index (χ3v) is 3.07. The summed E-state index contributed by atoms with van der Waals surface area (Å²) >= 11 is 0. The minimum Gasteiger partial charge on any atom is -0.493 e. The lowest BCUT2D eigenvalue weighted by molar-refractivity contribution is -0.123. The second-order valence-corrected chi connectivity index (χ2v) is 5.49. The molecule has 2 amide bonds. The van der Waals surface area contributed by atoms with E-state index in [-0.39, 0.29) is 24.5 Å². The van der Waals surface area contributed by atoms with E-state index < -0.39 is 0 Å². The van der Waals surface area contributed by atoms with Crippen LogP contribution < -0.4 is 25.4 Å². The fourth-order valence-corrected chi connectivity index (χ4v) is 1.98. The third kappa shape index (κ3) is 6.87. The van der Waals surface area contributed by atoms with Crippen molar-refractivity contribution in [3.63, 3.8) is 0 Å². The Morgan fingerprint density at radius 3 is 2.54 bits per heavy atom. The normalized spacial score (nSPS) is 10.4. The number of hydrogen-bond donors (Lipinski definition) is 3. The molecule has 0 aliphatic rings. The van der Waals surface area contributed by atoms with Gasteiger partial charge in [-0.05, 0) is 38.6 Å². The molecule has 7 nitrogen and oxygen atoms in total. The van der Waals surface area contributed by atoms with E-state index in [9.17, 15) is 9.59 Å². The molecule has 24 heavy (non-hydrogen) atoms. The Hall–Kier alpha value is -2.28. The fourth-order valence-electron chi connectivity index (χ4n) is 1.98. The van der Waals surface area contributed by atoms with Gasteiger partial charge in [0.05, 0.1) is 7.11 Å². The van der Waals surface area contributed by atoms with E-state index in [0.717, 1.165) is 6.54 Å². The maximum Gasteiger partial charge on any atom is 0.258 e. The Morgan fingerprint density at radius 1 is 1.17 bits per heavy atom. The smallest absolute Gasteiger partial charge is 0.258 e. The summed E-state index contributed by atoms with van der Waals surface area (Å²) in [6.07, 6.45) is 0. The van der Waals surface area contributed by atoms with E-state index in [1.54, 1.807) is 18.2 Å². The number of rotatable bonds is 10. The van der Waals surface area contributed by atoms with E-state index in [2.05, 4.69) is 16.0 Å². The predicted molar refractivity (Wildman–Crippen MR) is 92.6 cm³/mol. The number of methoxy groups -OCH3 is 1. The van der Waals surface area contributed by atoms with Crippen LogP contribution in [-0.2, 0) is 4.79 Å². The monoisotopic (exact) mass is 337 g/mol. The summed E-state index contributed by atoms with van der Waals surface area (Å²) in [6, 6.07) is 4.91. The summed E-state index contributed by atoms with van der Waals surface area (Å²) in [5, 5.41) is 8.68. The summed E-state index contributed by atoms with van der Waals surface area (Å²) in [4.78, 5) is 23.7. The van der Waals surface area contributed by atoms with Crippen molar-refractivity contribution in [2.75, 3.05) is 33.4 Å². The summed E-state index contributed by atoms with van der Waals surface area (Å²) in [7, 11) is 1.49. The zero-order chi connectivity index (χ0) is 17.9. The molecule has 134 valence electrons. The van der Waals surface area contributed by atoms with Crippen LogP contribution in [0.5, 0.6) is 11.5 Å². The van der Waals surface area contributed by atoms with Gasteiger partial charge in [-0.25, -0.2) is 0 Å².